The second-order valence-electron chi connectivity index (χ2n) is 8.98. The summed E-state index contributed by atoms with van der Waals surface area (Å²) in [5, 5.41) is 7.55. The van der Waals surface area contributed by atoms with Gasteiger partial charge in [-0.2, -0.15) is 4.98 Å². The van der Waals surface area contributed by atoms with Crippen LogP contribution in [0.4, 0.5) is 0 Å². The molecule has 2 aliphatic carbocycles. The zero-order valence-corrected chi connectivity index (χ0v) is 21.1. The Kier molecular flexibility index (Phi) is 7.98. The number of fused-ring (bicyclic) bond motifs is 2. The average molecular weight is 551 g/mol. The molecule has 9 heteroatoms. The van der Waals surface area contributed by atoms with Gasteiger partial charge in [0.25, 0.3) is 5.89 Å². The normalized spacial score (nSPS) is 25.7. The topological polar surface area (TPSA) is 82.7 Å². The summed E-state index contributed by atoms with van der Waals surface area (Å²) in [6.45, 7) is 8.03. The van der Waals surface area contributed by atoms with Crippen LogP contribution in [-0.4, -0.2) is 76.2 Å². The van der Waals surface area contributed by atoms with Gasteiger partial charge in [-0.05, 0) is 50.2 Å². The lowest BCUT2D eigenvalue weighted by Crippen LogP contribution is -2.55. The van der Waals surface area contributed by atoms with Crippen LogP contribution in [0.25, 0.3) is 11.6 Å². The van der Waals surface area contributed by atoms with Gasteiger partial charge in [-0.3, -0.25) is 14.9 Å². The van der Waals surface area contributed by atoms with Crippen LogP contribution in [0.5, 0.6) is 0 Å². The lowest BCUT2D eigenvalue weighted by Gasteiger charge is -2.42. The van der Waals surface area contributed by atoms with Gasteiger partial charge in [-0.25, -0.2) is 0 Å². The molecule has 3 atom stereocenters. The first-order valence-electron chi connectivity index (χ1n) is 11.8. The molecule has 0 aromatic carbocycles. The number of pyridine rings is 1. The fourth-order valence-corrected chi connectivity index (χ4v) is 5.56. The number of aromatic nitrogens is 3. The van der Waals surface area contributed by atoms with Crippen molar-refractivity contribution in [1.82, 2.24) is 30.2 Å². The first-order chi connectivity index (χ1) is 15.3. The van der Waals surface area contributed by atoms with Crippen LogP contribution in [0.15, 0.2) is 33.9 Å². The molecule has 174 valence electrons. The van der Waals surface area contributed by atoms with E-state index in [9.17, 15) is 0 Å². The number of hydrogen-bond acceptors (Lipinski definition) is 6. The molecule has 1 N–H and O–H groups in total. The molecule has 2 saturated carbocycles. The van der Waals surface area contributed by atoms with E-state index in [2.05, 4.69) is 37.2 Å². The maximum absolute atomic E-state index is 5.35. The van der Waals surface area contributed by atoms with Crippen molar-refractivity contribution in [1.29, 1.82) is 0 Å². The van der Waals surface area contributed by atoms with E-state index in [1.54, 1.807) is 6.20 Å². The molecule has 32 heavy (non-hydrogen) atoms. The van der Waals surface area contributed by atoms with Crippen molar-refractivity contribution in [3.8, 4) is 11.6 Å². The quantitative estimate of drug-likeness (QED) is 0.336. The Morgan fingerprint density at radius 1 is 1.19 bits per heavy atom. The second kappa shape index (κ2) is 10.9. The molecule has 0 spiro atoms. The zero-order valence-electron chi connectivity index (χ0n) is 18.8. The number of aliphatic imine (C=N–C) groups is 1. The van der Waals surface area contributed by atoms with E-state index in [0.29, 0.717) is 30.4 Å². The maximum atomic E-state index is 5.35. The Balaban J connectivity index is 0.00000245. The molecule has 0 radical (unpaired) electrons. The summed E-state index contributed by atoms with van der Waals surface area (Å²) in [6, 6.07) is 6.49. The fourth-order valence-electron chi connectivity index (χ4n) is 5.56. The van der Waals surface area contributed by atoms with Crippen molar-refractivity contribution < 1.29 is 4.52 Å². The number of rotatable bonds is 6. The molecule has 3 heterocycles. The van der Waals surface area contributed by atoms with Gasteiger partial charge in [0.2, 0.25) is 0 Å². The van der Waals surface area contributed by atoms with E-state index in [1.165, 1.54) is 25.7 Å². The fraction of sp³-hybridized carbons (Fsp3) is 0.652. The molecule has 3 unspecified atom stereocenters. The van der Waals surface area contributed by atoms with Gasteiger partial charge < -0.3 is 14.7 Å². The largest absolute Gasteiger partial charge is 0.357 e. The minimum absolute atomic E-state index is 0. The summed E-state index contributed by atoms with van der Waals surface area (Å²) in [4.78, 5) is 18.7. The summed E-state index contributed by atoms with van der Waals surface area (Å²) in [7, 11) is 0. The number of nitrogens with one attached hydrogen (secondary N) is 1. The molecule has 0 amide bonds. The van der Waals surface area contributed by atoms with Gasteiger partial charge in [0.15, 0.2) is 11.8 Å². The van der Waals surface area contributed by atoms with Crippen LogP contribution in [-0.2, 0) is 6.42 Å². The molecule has 2 aromatic heterocycles. The Morgan fingerprint density at radius 2 is 2.06 bits per heavy atom. The Morgan fingerprint density at radius 3 is 2.75 bits per heavy atom. The average Bonchev–Trinajstić information content (AvgIpc) is 3.57. The predicted octanol–water partition coefficient (Wildman–Crippen LogP) is 3.06. The molecule has 5 rings (SSSR count). The number of nitrogens with zero attached hydrogens (tertiary/aromatic N) is 6. The first kappa shape index (κ1) is 23.4. The monoisotopic (exact) mass is 551 g/mol. The van der Waals surface area contributed by atoms with Crippen LogP contribution in [0, 0.1) is 11.8 Å². The molecule has 1 saturated heterocycles. The molecule has 3 fully saturated rings. The third-order valence-corrected chi connectivity index (χ3v) is 7.07. The predicted molar refractivity (Wildman–Crippen MR) is 135 cm³/mol. The van der Waals surface area contributed by atoms with E-state index in [-0.39, 0.29) is 24.0 Å². The summed E-state index contributed by atoms with van der Waals surface area (Å²) in [6.07, 6.45) is 8.22. The SMILES string of the molecule is CCNC(=NCCc1noc(-c2ccccn2)n1)N1CCN(C2CC3CCC2C3)CC1.I. The Labute approximate surface area is 207 Å². The lowest BCUT2D eigenvalue weighted by atomic mass is 9.93. The highest BCUT2D eigenvalue weighted by Crippen LogP contribution is 2.46. The molecular weight excluding hydrogens is 517 g/mol. The highest BCUT2D eigenvalue weighted by molar-refractivity contribution is 14.0. The Hall–Kier alpha value is -1.75. The van der Waals surface area contributed by atoms with E-state index < -0.39 is 0 Å². The van der Waals surface area contributed by atoms with Crippen molar-refractivity contribution >= 4 is 29.9 Å². The molecule has 2 aromatic rings. The second-order valence-corrected chi connectivity index (χ2v) is 8.98. The van der Waals surface area contributed by atoms with Crippen LogP contribution in [0.2, 0.25) is 0 Å². The van der Waals surface area contributed by atoms with Crippen LogP contribution >= 0.6 is 24.0 Å². The van der Waals surface area contributed by atoms with E-state index in [1.807, 2.05) is 18.2 Å². The first-order valence-corrected chi connectivity index (χ1v) is 11.8. The molecular formula is C23H34IN7O. The van der Waals surface area contributed by atoms with Crippen LogP contribution in [0.1, 0.15) is 38.4 Å². The molecule has 2 bridgehead atoms. The third kappa shape index (κ3) is 5.24. The van der Waals surface area contributed by atoms with Gasteiger partial charge in [0.05, 0.1) is 0 Å². The number of guanidine groups is 1. The van der Waals surface area contributed by atoms with E-state index >= 15 is 0 Å². The van der Waals surface area contributed by atoms with Crippen molar-refractivity contribution in [2.45, 2.75) is 45.1 Å². The maximum Gasteiger partial charge on any atom is 0.276 e. The minimum Gasteiger partial charge on any atom is -0.357 e. The van der Waals surface area contributed by atoms with E-state index in [0.717, 1.165) is 56.6 Å². The van der Waals surface area contributed by atoms with Crippen LogP contribution < -0.4 is 5.32 Å². The van der Waals surface area contributed by atoms with E-state index in [4.69, 9.17) is 9.52 Å². The van der Waals surface area contributed by atoms with Gasteiger partial charge in [0.1, 0.15) is 5.69 Å². The van der Waals surface area contributed by atoms with Gasteiger partial charge in [-0.1, -0.05) is 17.6 Å². The van der Waals surface area contributed by atoms with Crippen LogP contribution in [0.3, 0.4) is 0 Å². The summed E-state index contributed by atoms with van der Waals surface area (Å²) < 4.78 is 5.35. The van der Waals surface area contributed by atoms with Crippen molar-refractivity contribution in [3.05, 3.63) is 30.2 Å². The summed E-state index contributed by atoms with van der Waals surface area (Å²) in [5.74, 6) is 4.10. The van der Waals surface area contributed by atoms with Gasteiger partial charge in [-0.15, -0.1) is 24.0 Å². The summed E-state index contributed by atoms with van der Waals surface area (Å²) in [5.41, 5.74) is 0.700. The van der Waals surface area contributed by atoms with Gasteiger partial charge >= 0.3 is 0 Å². The van der Waals surface area contributed by atoms with Crippen molar-refractivity contribution in [2.24, 2.45) is 16.8 Å². The molecule has 8 nitrogen and oxygen atoms in total. The van der Waals surface area contributed by atoms with Gasteiger partial charge in [0, 0.05) is 57.9 Å². The number of hydrogen-bond donors (Lipinski definition) is 1. The number of halogens is 1. The highest BCUT2D eigenvalue weighted by Gasteiger charge is 2.42. The number of piperazine rings is 1. The smallest absolute Gasteiger partial charge is 0.276 e. The highest BCUT2D eigenvalue weighted by atomic mass is 127. The standard InChI is InChI=1S/C23H33N7O.HI/c1-2-24-23(26-10-8-21-27-22(31-28-21)19-5-3-4-9-25-19)30-13-11-29(12-14-30)20-16-17-6-7-18(20)15-17;/h3-5,9,17-18,20H,2,6-8,10-16H2,1H3,(H,24,26);1H. The molecule has 1 aliphatic heterocycles. The Bertz CT molecular complexity index is 881. The van der Waals surface area contributed by atoms with Crippen molar-refractivity contribution in [3.63, 3.8) is 0 Å². The molecule has 3 aliphatic rings. The van der Waals surface area contributed by atoms with Crippen molar-refractivity contribution in [2.75, 3.05) is 39.3 Å². The lowest BCUT2D eigenvalue weighted by molar-refractivity contribution is 0.0958. The minimum atomic E-state index is 0. The summed E-state index contributed by atoms with van der Waals surface area (Å²) >= 11 is 0. The third-order valence-electron chi connectivity index (χ3n) is 7.07. The zero-order chi connectivity index (χ0) is 21.0.